The van der Waals surface area contributed by atoms with Crippen molar-refractivity contribution >= 4 is 17.8 Å². The highest BCUT2D eigenvalue weighted by molar-refractivity contribution is 5.83. The van der Waals surface area contributed by atoms with Crippen LogP contribution < -0.4 is 0 Å². The monoisotopic (exact) mass is 378 g/mol. The SMILES string of the molecule is CCC(C)C(=O)N1CCCC(C(=O)N2C[C@@H](C(F)(F)F)[C@H](C(=O)O)C2)C1. The van der Waals surface area contributed by atoms with E-state index in [2.05, 4.69) is 0 Å². The summed E-state index contributed by atoms with van der Waals surface area (Å²) in [6.07, 6.45) is -2.89. The first-order chi connectivity index (χ1) is 12.1. The number of aliphatic carboxylic acids is 1. The summed E-state index contributed by atoms with van der Waals surface area (Å²) in [6, 6.07) is 0. The topological polar surface area (TPSA) is 77.9 Å². The highest BCUT2D eigenvalue weighted by atomic mass is 19.4. The summed E-state index contributed by atoms with van der Waals surface area (Å²) >= 11 is 0. The molecule has 9 heteroatoms. The minimum Gasteiger partial charge on any atom is -0.481 e. The summed E-state index contributed by atoms with van der Waals surface area (Å²) < 4.78 is 39.3. The van der Waals surface area contributed by atoms with E-state index in [9.17, 15) is 27.6 Å². The number of hydrogen-bond donors (Lipinski definition) is 1. The summed E-state index contributed by atoms with van der Waals surface area (Å²) in [4.78, 5) is 38.8. The van der Waals surface area contributed by atoms with Crippen molar-refractivity contribution in [1.29, 1.82) is 0 Å². The highest BCUT2D eigenvalue weighted by Gasteiger charge is 2.54. The molecule has 2 heterocycles. The number of rotatable bonds is 4. The van der Waals surface area contributed by atoms with Crippen molar-refractivity contribution in [3.05, 3.63) is 0 Å². The Balaban J connectivity index is 2.06. The van der Waals surface area contributed by atoms with E-state index in [4.69, 9.17) is 5.11 Å². The van der Waals surface area contributed by atoms with Crippen LogP contribution in [0.3, 0.4) is 0 Å². The Morgan fingerprint density at radius 1 is 1.15 bits per heavy atom. The summed E-state index contributed by atoms with van der Waals surface area (Å²) in [5.74, 6) is -6.50. The third-order valence-corrected chi connectivity index (χ3v) is 5.49. The Bertz CT molecular complexity index is 567. The molecular formula is C17H25F3N2O4. The van der Waals surface area contributed by atoms with Gasteiger partial charge in [0, 0.05) is 32.1 Å². The molecule has 2 aliphatic rings. The van der Waals surface area contributed by atoms with E-state index in [-0.39, 0.29) is 18.4 Å². The van der Waals surface area contributed by atoms with Crippen LogP contribution in [0.2, 0.25) is 0 Å². The first-order valence-corrected chi connectivity index (χ1v) is 8.93. The minimum absolute atomic E-state index is 0.0528. The fraction of sp³-hybridized carbons (Fsp3) is 0.824. The lowest BCUT2D eigenvalue weighted by molar-refractivity contribution is -0.188. The molecule has 148 valence electrons. The second-order valence-corrected chi connectivity index (χ2v) is 7.27. The molecule has 26 heavy (non-hydrogen) atoms. The van der Waals surface area contributed by atoms with E-state index < -0.39 is 48.9 Å². The van der Waals surface area contributed by atoms with Gasteiger partial charge in [0.15, 0.2) is 0 Å². The number of amides is 2. The third-order valence-electron chi connectivity index (χ3n) is 5.49. The molecule has 2 rings (SSSR count). The fourth-order valence-corrected chi connectivity index (χ4v) is 3.69. The molecule has 0 aromatic heterocycles. The molecule has 2 fully saturated rings. The van der Waals surface area contributed by atoms with Crippen molar-refractivity contribution in [2.75, 3.05) is 26.2 Å². The molecule has 0 aromatic carbocycles. The average Bonchev–Trinajstić information content (AvgIpc) is 3.06. The van der Waals surface area contributed by atoms with E-state index in [0.717, 1.165) is 4.90 Å². The van der Waals surface area contributed by atoms with Gasteiger partial charge in [0.2, 0.25) is 11.8 Å². The lowest BCUT2D eigenvalue weighted by atomic mass is 9.95. The van der Waals surface area contributed by atoms with Crippen molar-refractivity contribution in [2.45, 2.75) is 39.3 Å². The number of carbonyl (C=O) groups is 3. The van der Waals surface area contributed by atoms with Crippen molar-refractivity contribution in [2.24, 2.45) is 23.7 Å². The number of carboxylic acid groups (broad SMARTS) is 1. The van der Waals surface area contributed by atoms with Gasteiger partial charge in [-0.25, -0.2) is 0 Å². The number of carbonyl (C=O) groups excluding carboxylic acids is 2. The number of nitrogens with zero attached hydrogens (tertiary/aromatic N) is 2. The molecule has 0 spiro atoms. The average molecular weight is 378 g/mol. The van der Waals surface area contributed by atoms with Gasteiger partial charge in [-0.1, -0.05) is 13.8 Å². The predicted octanol–water partition coefficient (Wildman–Crippen LogP) is 1.99. The van der Waals surface area contributed by atoms with Crippen LogP contribution in [-0.2, 0) is 14.4 Å². The van der Waals surface area contributed by atoms with Gasteiger partial charge < -0.3 is 14.9 Å². The first-order valence-electron chi connectivity index (χ1n) is 8.93. The van der Waals surface area contributed by atoms with E-state index in [1.807, 2.05) is 6.92 Å². The molecule has 0 aromatic rings. The summed E-state index contributed by atoms with van der Waals surface area (Å²) in [6.45, 7) is 3.36. The number of halogens is 3. The third kappa shape index (κ3) is 4.29. The van der Waals surface area contributed by atoms with Crippen molar-refractivity contribution in [1.82, 2.24) is 9.80 Å². The maximum Gasteiger partial charge on any atom is 0.394 e. The van der Waals surface area contributed by atoms with Crippen molar-refractivity contribution < 1.29 is 32.7 Å². The van der Waals surface area contributed by atoms with E-state index >= 15 is 0 Å². The fourth-order valence-electron chi connectivity index (χ4n) is 3.69. The zero-order chi connectivity index (χ0) is 19.6. The van der Waals surface area contributed by atoms with Crippen molar-refractivity contribution in [3.8, 4) is 0 Å². The smallest absolute Gasteiger partial charge is 0.394 e. The van der Waals surface area contributed by atoms with Crippen LogP contribution in [0.25, 0.3) is 0 Å². The Hall–Kier alpha value is -1.80. The zero-order valence-corrected chi connectivity index (χ0v) is 15.0. The van der Waals surface area contributed by atoms with Crippen LogP contribution in [0.5, 0.6) is 0 Å². The van der Waals surface area contributed by atoms with Gasteiger partial charge in [0.25, 0.3) is 0 Å². The summed E-state index contributed by atoms with van der Waals surface area (Å²) in [5.41, 5.74) is 0. The van der Waals surface area contributed by atoms with Crippen LogP contribution in [-0.4, -0.2) is 65.0 Å². The van der Waals surface area contributed by atoms with Crippen LogP contribution in [0.4, 0.5) is 13.2 Å². The Labute approximate surface area is 150 Å². The van der Waals surface area contributed by atoms with Gasteiger partial charge in [-0.2, -0.15) is 13.2 Å². The predicted molar refractivity (Wildman–Crippen MR) is 86.0 cm³/mol. The minimum atomic E-state index is -4.66. The van der Waals surface area contributed by atoms with Gasteiger partial charge in [-0.05, 0) is 19.3 Å². The normalized spacial score (nSPS) is 28.1. The quantitative estimate of drug-likeness (QED) is 0.812. The van der Waals surface area contributed by atoms with Crippen LogP contribution >= 0.6 is 0 Å². The largest absolute Gasteiger partial charge is 0.481 e. The van der Waals surface area contributed by atoms with Gasteiger partial charge >= 0.3 is 12.1 Å². The lowest BCUT2D eigenvalue weighted by Gasteiger charge is -2.35. The molecule has 6 nitrogen and oxygen atoms in total. The Kier molecular flexibility index (Phi) is 6.18. The molecule has 0 bridgehead atoms. The maximum absolute atomic E-state index is 13.1. The van der Waals surface area contributed by atoms with Gasteiger partial charge in [-0.15, -0.1) is 0 Å². The Morgan fingerprint density at radius 3 is 2.31 bits per heavy atom. The second-order valence-electron chi connectivity index (χ2n) is 7.27. The van der Waals surface area contributed by atoms with Crippen molar-refractivity contribution in [3.63, 3.8) is 0 Å². The molecule has 2 aliphatic heterocycles. The number of piperidine rings is 1. The van der Waals surface area contributed by atoms with Crippen LogP contribution in [0, 0.1) is 23.7 Å². The number of alkyl halides is 3. The van der Waals surface area contributed by atoms with Crippen LogP contribution in [0.15, 0.2) is 0 Å². The Morgan fingerprint density at radius 2 is 1.81 bits per heavy atom. The zero-order valence-electron chi connectivity index (χ0n) is 15.0. The molecule has 2 amide bonds. The van der Waals surface area contributed by atoms with Gasteiger partial charge in [-0.3, -0.25) is 14.4 Å². The van der Waals surface area contributed by atoms with Gasteiger partial charge in [0.05, 0.1) is 17.8 Å². The standard InChI is InChI=1S/C17H25F3N2O4/c1-3-10(2)14(23)21-6-4-5-11(7-21)15(24)22-8-12(16(25)26)13(9-22)17(18,19)20/h10-13H,3-9H2,1-2H3,(H,25,26)/t10?,11?,12-,13-/m1/s1. The molecule has 4 atom stereocenters. The number of likely N-dealkylation sites (tertiary alicyclic amines) is 2. The van der Waals surface area contributed by atoms with E-state index in [1.165, 1.54) is 0 Å². The van der Waals surface area contributed by atoms with E-state index in [1.54, 1.807) is 11.8 Å². The number of hydrogen-bond acceptors (Lipinski definition) is 3. The van der Waals surface area contributed by atoms with Crippen LogP contribution in [0.1, 0.15) is 33.1 Å². The van der Waals surface area contributed by atoms with Gasteiger partial charge in [0.1, 0.15) is 0 Å². The first kappa shape index (κ1) is 20.5. The molecule has 0 aliphatic carbocycles. The molecular weight excluding hydrogens is 353 g/mol. The second kappa shape index (κ2) is 7.84. The summed E-state index contributed by atoms with van der Waals surface area (Å²) in [5, 5.41) is 9.07. The number of carboxylic acids is 1. The maximum atomic E-state index is 13.1. The molecule has 1 N–H and O–H groups in total. The molecule has 0 saturated carbocycles. The molecule has 2 saturated heterocycles. The molecule has 0 radical (unpaired) electrons. The highest BCUT2D eigenvalue weighted by Crippen LogP contribution is 2.38. The summed E-state index contributed by atoms with van der Waals surface area (Å²) in [7, 11) is 0. The van der Waals surface area contributed by atoms with E-state index in [0.29, 0.717) is 25.8 Å². The lowest BCUT2D eigenvalue weighted by Crippen LogP contribution is -2.47. The molecule has 2 unspecified atom stereocenters.